The van der Waals surface area contributed by atoms with Crippen LogP contribution in [0.15, 0.2) is 0 Å². The van der Waals surface area contributed by atoms with Crippen molar-refractivity contribution in [3.8, 4) is 0 Å². The fourth-order valence-corrected chi connectivity index (χ4v) is 4.21. The molecule has 4 heteroatoms. The molecule has 3 nitrogen and oxygen atoms in total. The van der Waals surface area contributed by atoms with E-state index in [4.69, 9.17) is 4.74 Å². The van der Waals surface area contributed by atoms with Crippen molar-refractivity contribution in [2.75, 3.05) is 26.0 Å². The van der Waals surface area contributed by atoms with Crippen LogP contribution < -0.4 is 5.32 Å². The third kappa shape index (κ3) is 4.15. The molecule has 96 valence electrons. The van der Waals surface area contributed by atoms with Crippen LogP contribution in [0.4, 0.5) is 0 Å². The van der Waals surface area contributed by atoms with Crippen molar-refractivity contribution in [2.45, 2.75) is 44.4 Å². The Hall–Kier alpha value is 0.0700. The van der Waals surface area contributed by atoms with Crippen molar-refractivity contribution >= 4 is 10.8 Å². The van der Waals surface area contributed by atoms with E-state index in [1.54, 1.807) is 7.11 Å². The van der Waals surface area contributed by atoms with Crippen molar-refractivity contribution in [2.24, 2.45) is 5.92 Å². The molecule has 0 aromatic carbocycles. The average molecular weight is 247 g/mol. The summed E-state index contributed by atoms with van der Waals surface area (Å²) >= 11 is 0. The Morgan fingerprint density at radius 3 is 2.81 bits per heavy atom. The lowest BCUT2D eigenvalue weighted by Crippen LogP contribution is -2.46. The third-order valence-corrected chi connectivity index (χ3v) is 5.11. The van der Waals surface area contributed by atoms with Gasteiger partial charge in [-0.3, -0.25) is 4.21 Å². The van der Waals surface area contributed by atoms with Gasteiger partial charge in [-0.05, 0) is 31.7 Å². The number of methoxy groups -OCH3 is 1. The van der Waals surface area contributed by atoms with Gasteiger partial charge >= 0.3 is 0 Å². The van der Waals surface area contributed by atoms with Gasteiger partial charge in [-0.1, -0.05) is 13.8 Å². The second-order valence-corrected chi connectivity index (χ2v) is 6.47. The van der Waals surface area contributed by atoms with Gasteiger partial charge in [-0.2, -0.15) is 0 Å². The molecular weight excluding hydrogens is 222 g/mol. The SMILES string of the molecule is CCNC1CCC(C)CC1S(=O)CCOC. The normalized spacial score (nSPS) is 32.6. The van der Waals surface area contributed by atoms with Gasteiger partial charge in [0.25, 0.3) is 0 Å². The summed E-state index contributed by atoms with van der Waals surface area (Å²) in [6, 6.07) is 0.443. The van der Waals surface area contributed by atoms with Gasteiger partial charge in [0.2, 0.25) is 0 Å². The highest BCUT2D eigenvalue weighted by atomic mass is 32.2. The molecule has 1 saturated carbocycles. The molecule has 0 spiro atoms. The molecule has 4 unspecified atom stereocenters. The number of rotatable bonds is 6. The van der Waals surface area contributed by atoms with Crippen LogP contribution in [0.3, 0.4) is 0 Å². The first-order valence-electron chi connectivity index (χ1n) is 6.28. The molecule has 0 saturated heterocycles. The maximum absolute atomic E-state index is 12.2. The van der Waals surface area contributed by atoms with Gasteiger partial charge in [0, 0.05) is 29.7 Å². The van der Waals surface area contributed by atoms with Crippen LogP contribution in [0.1, 0.15) is 33.1 Å². The van der Waals surface area contributed by atoms with Gasteiger partial charge in [-0.15, -0.1) is 0 Å². The molecule has 0 aromatic rings. The molecule has 1 aliphatic rings. The number of nitrogens with one attached hydrogen (secondary N) is 1. The van der Waals surface area contributed by atoms with Crippen LogP contribution in [0, 0.1) is 5.92 Å². The highest BCUT2D eigenvalue weighted by molar-refractivity contribution is 7.85. The molecule has 0 aliphatic heterocycles. The highest BCUT2D eigenvalue weighted by Gasteiger charge is 2.31. The van der Waals surface area contributed by atoms with E-state index in [9.17, 15) is 4.21 Å². The minimum absolute atomic E-state index is 0.318. The molecule has 0 amide bonds. The lowest BCUT2D eigenvalue weighted by molar-refractivity contribution is 0.217. The van der Waals surface area contributed by atoms with Crippen LogP contribution in [-0.4, -0.2) is 41.5 Å². The van der Waals surface area contributed by atoms with Crippen LogP contribution in [0.2, 0.25) is 0 Å². The highest BCUT2D eigenvalue weighted by Crippen LogP contribution is 2.27. The Kier molecular flexibility index (Phi) is 6.54. The zero-order valence-electron chi connectivity index (χ0n) is 10.7. The topological polar surface area (TPSA) is 38.3 Å². The predicted molar refractivity (Wildman–Crippen MR) is 69.2 cm³/mol. The average Bonchev–Trinajstić information content (AvgIpc) is 2.28. The smallest absolute Gasteiger partial charge is 0.0577 e. The minimum atomic E-state index is -0.746. The summed E-state index contributed by atoms with van der Waals surface area (Å²) in [7, 11) is 0.923. The summed E-state index contributed by atoms with van der Waals surface area (Å²) in [4.78, 5) is 0. The molecule has 1 aliphatic carbocycles. The molecule has 0 heterocycles. The van der Waals surface area contributed by atoms with E-state index in [1.165, 1.54) is 12.8 Å². The molecule has 0 radical (unpaired) electrons. The molecule has 0 bridgehead atoms. The zero-order chi connectivity index (χ0) is 12.0. The standard InChI is InChI=1S/C12H25NO2S/c1-4-13-11-6-5-10(2)9-12(11)16(14)8-7-15-3/h10-13H,4-9H2,1-3H3. The van der Waals surface area contributed by atoms with E-state index in [0.29, 0.717) is 29.6 Å². The van der Waals surface area contributed by atoms with Crippen LogP contribution in [-0.2, 0) is 15.5 Å². The summed E-state index contributed by atoms with van der Waals surface area (Å²) in [5.41, 5.74) is 0. The van der Waals surface area contributed by atoms with Crippen LogP contribution in [0.25, 0.3) is 0 Å². The Morgan fingerprint density at radius 1 is 1.44 bits per heavy atom. The fourth-order valence-electron chi connectivity index (χ4n) is 2.43. The number of hydrogen-bond donors (Lipinski definition) is 1. The predicted octanol–water partition coefficient (Wildman–Crippen LogP) is 1.55. The fraction of sp³-hybridized carbons (Fsp3) is 1.00. The summed E-state index contributed by atoms with van der Waals surface area (Å²) in [5, 5.41) is 3.80. The van der Waals surface area contributed by atoms with E-state index < -0.39 is 10.8 Å². The maximum atomic E-state index is 12.2. The summed E-state index contributed by atoms with van der Waals surface area (Å²) in [6.07, 6.45) is 3.52. The lowest BCUT2D eigenvalue weighted by Gasteiger charge is -2.34. The molecule has 0 aromatic heterocycles. The molecule has 1 rings (SSSR count). The van der Waals surface area contributed by atoms with Crippen molar-refractivity contribution in [3.05, 3.63) is 0 Å². The number of ether oxygens (including phenoxy) is 1. The van der Waals surface area contributed by atoms with Crippen molar-refractivity contribution < 1.29 is 8.95 Å². The second-order valence-electron chi connectivity index (χ2n) is 4.70. The van der Waals surface area contributed by atoms with E-state index in [0.717, 1.165) is 13.0 Å². The first-order valence-corrected chi connectivity index (χ1v) is 7.66. The molecule has 1 fully saturated rings. The summed E-state index contributed by atoms with van der Waals surface area (Å²) in [5.74, 6) is 1.39. The van der Waals surface area contributed by atoms with E-state index in [2.05, 4.69) is 19.2 Å². The van der Waals surface area contributed by atoms with E-state index in [-0.39, 0.29) is 0 Å². The molecule has 4 atom stereocenters. The molecule has 16 heavy (non-hydrogen) atoms. The van der Waals surface area contributed by atoms with Crippen LogP contribution >= 0.6 is 0 Å². The summed E-state index contributed by atoms with van der Waals surface area (Å²) in [6.45, 7) is 5.96. The second kappa shape index (κ2) is 7.41. The largest absolute Gasteiger partial charge is 0.384 e. The minimum Gasteiger partial charge on any atom is -0.384 e. The quantitative estimate of drug-likeness (QED) is 0.774. The Morgan fingerprint density at radius 2 is 2.19 bits per heavy atom. The van der Waals surface area contributed by atoms with Gasteiger partial charge in [0.1, 0.15) is 0 Å². The zero-order valence-corrected chi connectivity index (χ0v) is 11.5. The van der Waals surface area contributed by atoms with Gasteiger partial charge in [-0.25, -0.2) is 0 Å². The Bertz CT molecular complexity index is 223. The van der Waals surface area contributed by atoms with Gasteiger partial charge in [0.05, 0.1) is 11.9 Å². The van der Waals surface area contributed by atoms with Gasteiger partial charge < -0.3 is 10.1 Å². The Labute approximate surface area is 102 Å². The lowest BCUT2D eigenvalue weighted by atomic mass is 9.87. The van der Waals surface area contributed by atoms with Crippen molar-refractivity contribution in [1.82, 2.24) is 5.32 Å². The van der Waals surface area contributed by atoms with Crippen molar-refractivity contribution in [3.63, 3.8) is 0 Å². The molecular formula is C12H25NO2S. The van der Waals surface area contributed by atoms with Gasteiger partial charge in [0.15, 0.2) is 0 Å². The number of hydrogen-bond acceptors (Lipinski definition) is 3. The van der Waals surface area contributed by atoms with E-state index in [1.807, 2.05) is 0 Å². The van der Waals surface area contributed by atoms with Crippen LogP contribution in [0.5, 0.6) is 0 Å². The third-order valence-electron chi connectivity index (χ3n) is 3.35. The van der Waals surface area contributed by atoms with E-state index >= 15 is 0 Å². The monoisotopic (exact) mass is 247 g/mol. The maximum Gasteiger partial charge on any atom is 0.0577 e. The van der Waals surface area contributed by atoms with Crippen molar-refractivity contribution in [1.29, 1.82) is 0 Å². The first-order chi connectivity index (χ1) is 7.69. The summed E-state index contributed by atoms with van der Waals surface area (Å²) < 4.78 is 17.2. The molecule has 1 N–H and O–H groups in total. The Balaban J connectivity index is 2.52. The first kappa shape index (κ1) is 14.1.